The van der Waals surface area contributed by atoms with Gasteiger partial charge in [-0.1, -0.05) is 29.8 Å². The van der Waals surface area contributed by atoms with Crippen LogP contribution in [0.5, 0.6) is 23.0 Å². The molecule has 0 spiro atoms. The molecule has 0 fully saturated rings. The summed E-state index contributed by atoms with van der Waals surface area (Å²) in [6.07, 6.45) is 0. The van der Waals surface area contributed by atoms with Crippen molar-refractivity contribution in [2.24, 2.45) is 5.73 Å². The third-order valence-corrected chi connectivity index (χ3v) is 5.57. The van der Waals surface area contributed by atoms with Crippen LogP contribution in [0, 0.1) is 11.3 Å². The number of hydrogen-bond donors (Lipinski definition) is 1. The maximum Gasteiger partial charge on any atom is 0.345 e. The van der Waals surface area contributed by atoms with Crippen molar-refractivity contribution in [2.75, 3.05) is 14.2 Å². The van der Waals surface area contributed by atoms with E-state index in [0.29, 0.717) is 28.4 Å². The van der Waals surface area contributed by atoms with Gasteiger partial charge in [0, 0.05) is 17.2 Å². The Bertz CT molecular complexity index is 1310. The molecule has 7 nitrogen and oxygen atoms in total. The van der Waals surface area contributed by atoms with Gasteiger partial charge in [0.1, 0.15) is 34.6 Å². The first-order valence-electron chi connectivity index (χ1n) is 9.87. The van der Waals surface area contributed by atoms with E-state index in [1.54, 1.807) is 74.9 Å². The first-order chi connectivity index (χ1) is 16.0. The predicted octanol–water partition coefficient (Wildman–Crippen LogP) is 4.79. The predicted molar refractivity (Wildman–Crippen MR) is 122 cm³/mol. The summed E-state index contributed by atoms with van der Waals surface area (Å²) in [7, 11) is 3.10. The summed E-state index contributed by atoms with van der Waals surface area (Å²) in [5.74, 6) is 0.521. The highest BCUT2D eigenvalue weighted by atomic mass is 35.5. The van der Waals surface area contributed by atoms with E-state index in [-0.39, 0.29) is 27.8 Å². The minimum absolute atomic E-state index is 0.0468. The van der Waals surface area contributed by atoms with Gasteiger partial charge in [-0.05, 0) is 36.4 Å². The lowest BCUT2D eigenvalue weighted by molar-refractivity contribution is 0.0734. The van der Waals surface area contributed by atoms with Gasteiger partial charge in [0.2, 0.25) is 5.88 Å². The molecule has 0 amide bonds. The van der Waals surface area contributed by atoms with E-state index < -0.39 is 11.9 Å². The van der Waals surface area contributed by atoms with Crippen LogP contribution in [0.3, 0.4) is 0 Å². The Balaban J connectivity index is 1.76. The molecule has 3 aromatic carbocycles. The fraction of sp³-hybridized carbons (Fsp3) is 0.120. The van der Waals surface area contributed by atoms with Gasteiger partial charge >= 0.3 is 5.97 Å². The van der Waals surface area contributed by atoms with Crippen molar-refractivity contribution >= 4 is 17.6 Å². The van der Waals surface area contributed by atoms with Crippen molar-refractivity contribution in [3.8, 4) is 29.1 Å². The van der Waals surface area contributed by atoms with Crippen LogP contribution in [0.25, 0.3) is 0 Å². The fourth-order valence-corrected chi connectivity index (χ4v) is 3.89. The van der Waals surface area contributed by atoms with E-state index in [2.05, 4.69) is 6.07 Å². The highest BCUT2D eigenvalue weighted by Gasteiger charge is 2.33. The number of esters is 1. The number of nitrogens with two attached hydrogens (primary N) is 1. The highest BCUT2D eigenvalue weighted by molar-refractivity contribution is 6.33. The zero-order valence-corrected chi connectivity index (χ0v) is 18.6. The van der Waals surface area contributed by atoms with Crippen LogP contribution in [0.4, 0.5) is 0 Å². The second-order valence-electron chi connectivity index (χ2n) is 7.10. The first kappa shape index (κ1) is 22.1. The molecule has 1 unspecified atom stereocenters. The molecule has 166 valence electrons. The summed E-state index contributed by atoms with van der Waals surface area (Å²) in [6, 6.07) is 18.9. The number of hydrogen-bond acceptors (Lipinski definition) is 7. The molecule has 1 aliphatic heterocycles. The Labute approximate surface area is 195 Å². The number of ether oxygens (including phenoxy) is 4. The number of rotatable bonds is 5. The van der Waals surface area contributed by atoms with E-state index >= 15 is 0 Å². The van der Waals surface area contributed by atoms with Gasteiger partial charge in [0.05, 0.1) is 30.7 Å². The molecule has 0 saturated carbocycles. The van der Waals surface area contributed by atoms with E-state index in [0.717, 1.165) is 0 Å². The van der Waals surface area contributed by atoms with Crippen molar-refractivity contribution in [2.45, 2.75) is 5.92 Å². The summed E-state index contributed by atoms with van der Waals surface area (Å²) in [5, 5.41) is 10.1. The lowest BCUT2D eigenvalue weighted by Crippen LogP contribution is -2.21. The maximum atomic E-state index is 12.6. The van der Waals surface area contributed by atoms with Crippen molar-refractivity contribution in [3.63, 3.8) is 0 Å². The van der Waals surface area contributed by atoms with Gasteiger partial charge < -0.3 is 24.7 Å². The third kappa shape index (κ3) is 4.16. The number of methoxy groups -OCH3 is 2. The van der Waals surface area contributed by atoms with Crippen LogP contribution in [0.1, 0.15) is 27.4 Å². The molecule has 1 aliphatic rings. The molecule has 0 saturated heterocycles. The average molecular weight is 463 g/mol. The number of carbonyl (C=O) groups is 1. The highest BCUT2D eigenvalue weighted by Crippen LogP contribution is 2.46. The van der Waals surface area contributed by atoms with Crippen LogP contribution in [0.15, 0.2) is 72.1 Å². The van der Waals surface area contributed by atoms with Gasteiger partial charge in [0.15, 0.2) is 0 Å². The average Bonchev–Trinajstić information content (AvgIpc) is 2.82. The summed E-state index contributed by atoms with van der Waals surface area (Å²) >= 11 is 6.09. The Morgan fingerprint density at radius 3 is 2.48 bits per heavy atom. The summed E-state index contributed by atoms with van der Waals surface area (Å²) < 4.78 is 22.1. The van der Waals surface area contributed by atoms with Crippen molar-refractivity contribution in [3.05, 3.63) is 93.8 Å². The largest absolute Gasteiger partial charge is 0.497 e. The topological polar surface area (TPSA) is 104 Å². The molecular formula is C25H19ClN2O5. The molecule has 4 rings (SSSR count). The zero-order valence-electron chi connectivity index (χ0n) is 17.8. The van der Waals surface area contributed by atoms with Gasteiger partial charge in [-0.25, -0.2) is 4.79 Å². The molecule has 0 bridgehead atoms. The van der Waals surface area contributed by atoms with Crippen LogP contribution in [0.2, 0.25) is 5.02 Å². The second-order valence-corrected chi connectivity index (χ2v) is 7.51. The van der Waals surface area contributed by atoms with E-state index in [9.17, 15) is 10.1 Å². The molecule has 1 heterocycles. The molecule has 8 heteroatoms. The Morgan fingerprint density at radius 1 is 1.03 bits per heavy atom. The molecular weight excluding hydrogens is 444 g/mol. The van der Waals surface area contributed by atoms with Crippen LogP contribution >= 0.6 is 11.6 Å². The van der Waals surface area contributed by atoms with Crippen molar-refractivity contribution in [1.29, 1.82) is 5.26 Å². The lowest BCUT2D eigenvalue weighted by Gasteiger charge is -2.28. The maximum absolute atomic E-state index is 12.6. The normalized spacial score (nSPS) is 14.5. The number of halogens is 1. The SMILES string of the molecule is COc1ccc(OC)c(C2C(C#N)=C(N)Oc3cc(OC(=O)c4ccccc4Cl)ccc32)c1. The Kier molecular flexibility index (Phi) is 6.11. The summed E-state index contributed by atoms with van der Waals surface area (Å²) in [6.45, 7) is 0. The Hall–Kier alpha value is -4.15. The van der Waals surface area contributed by atoms with Gasteiger partial charge in [-0.3, -0.25) is 0 Å². The fourth-order valence-electron chi connectivity index (χ4n) is 3.67. The lowest BCUT2D eigenvalue weighted by atomic mass is 9.83. The van der Waals surface area contributed by atoms with Crippen LogP contribution in [-0.4, -0.2) is 20.2 Å². The third-order valence-electron chi connectivity index (χ3n) is 5.24. The molecule has 2 N–H and O–H groups in total. The monoisotopic (exact) mass is 462 g/mol. The Morgan fingerprint density at radius 2 is 1.79 bits per heavy atom. The van der Waals surface area contributed by atoms with Crippen molar-refractivity contribution < 1.29 is 23.7 Å². The van der Waals surface area contributed by atoms with E-state index in [1.165, 1.54) is 0 Å². The van der Waals surface area contributed by atoms with E-state index in [4.69, 9.17) is 36.3 Å². The summed E-state index contributed by atoms with van der Waals surface area (Å²) in [5.41, 5.74) is 7.90. The minimum atomic E-state index is -0.608. The van der Waals surface area contributed by atoms with Gasteiger partial charge in [-0.2, -0.15) is 5.26 Å². The van der Waals surface area contributed by atoms with Gasteiger partial charge in [0.25, 0.3) is 0 Å². The molecule has 0 radical (unpaired) electrons. The second kappa shape index (κ2) is 9.15. The minimum Gasteiger partial charge on any atom is -0.497 e. The molecule has 0 aliphatic carbocycles. The first-order valence-corrected chi connectivity index (χ1v) is 10.2. The zero-order chi connectivity index (χ0) is 23.5. The molecule has 33 heavy (non-hydrogen) atoms. The standard InChI is InChI=1S/C25H19ClN2O5/c1-30-14-8-10-21(31-2)18(11-14)23-17-9-7-15(12-22(17)33-24(28)19(23)13-27)32-25(29)16-5-3-4-6-20(16)26/h3-12,23H,28H2,1-2H3. The molecule has 3 aromatic rings. The number of nitriles is 1. The number of nitrogens with zero attached hydrogens (tertiary/aromatic N) is 1. The molecule has 1 atom stereocenters. The quantitative estimate of drug-likeness (QED) is 0.429. The van der Waals surface area contributed by atoms with Crippen LogP contribution in [-0.2, 0) is 0 Å². The summed E-state index contributed by atoms with van der Waals surface area (Å²) in [4.78, 5) is 12.6. The molecule has 0 aromatic heterocycles. The number of fused-ring (bicyclic) bond motifs is 1. The smallest absolute Gasteiger partial charge is 0.345 e. The number of allylic oxidation sites excluding steroid dienone is 1. The van der Waals surface area contributed by atoms with E-state index in [1.807, 2.05) is 0 Å². The van der Waals surface area contributed by atoms with Crippen molar-refractivity contribution in [1.82, 2.24) is 0 Å². The van der Waals surface area contributed by atoms with Gasteiger partial charge in [-0.15, -0.1) is 0 Å². The number of benzene rings is 3. The van der Waals surface area contributed by atoms with Crippen LogP contribution < -0.4 is 24.7 Å². The number of carbonyl (C=O) groups excluding carboxylic acids is 1.